The van der Waals surface area contributed by atoms with Crippen molar-refractivity contribution in [2.45, 2.75) is 13.8 Å². The maximum Gasteiger partial charge on any atom is 0.349 e. The van der Waals surface area contributed by atoms with Gasteiger partial charge in [0.15, 0.2) is 5.58 Å². The Bertz CT molecular complexity index is 1160. The Morgan fingerprint density at radius 2 is 1.72 bits per heavy atom. The van der Waals surface area contributed by atoms with Gasteiger partial charge < -0.3 is 14.2 Å². The molecule has 1 aliphatic rings. The number of benzene rings is 2. The first-order chi connectivity index (χ1) is 13.8. The number of carbonyl (C=O) groups excluding carboxylic acids is 1. The second kappa shape index (κ2) is 7.73. The predicted molar refractivity (Wildman–Crippen MR) is 117 cm³/mol. The first-order valence-corrected chi connectivity index (χ1v) is 10.1. The third-order valence-corrected chi connectivity index (χ3v) is 5.75. The van der Waals surface area contributed by atoms with Gasteiger partial charge in [-0.1, -0.05) is 35.3 Å². The van der Waals surface area contributed by atoms with Crippen LogP contribution in [0.2, 0.25) is 10.0 Å². The third kappa shape index (κ3) is 3.85. The second-order valence-corrected chi connectivity index (χ2v) is 8.17. The van der Waals surface area contributed by atoms with E-state index in [0.29, 0.717) is 36.6 Å². The monoisotopic (exact) mass is 430 g/mol. The lowest BCUT2D eigenvalue weighted by atomic mass is 10.1. The molecule has 0 radical (unpaired) electrons. The van der Waals surface area contributed by atoms with Crippen LogP contribution >= 0.6 is 23.2 Å². The summed E-state index contributed by atoms with van der Waals surface area (Å²) < 4.78 is 5.31. The average Bonchev–Trinajstić information content (AvgIpc) is 2.69. The molecule has 7 heteroatoms. The van der Waals surface area contributed by atoms with E-state index in [9.17, 15) is 9.59 Å². The van der Waals surface area contributed by atoms with Crippen LogP contribution in [0.25, 0.3) is 11.0 Å². The van der Waals surface area contributed by atoms with E-state index >= 15 is 0 Å². The lowest BCUT2D eigenvalue weighted by molar-refractivity contribution is 0.0742. The molecule has 5 nitrogen and oxygen atoms in total. The van der Waals surface area contributed by atoms with Gasteiger partial charge >= 0.3 is 5.63 Å². The number of amides is 1. The van der Waals surface area contributed by atoms with Gasteiger partial charge in [0.25, 0.3) is 5.91 Å². The standard InChI is InChI=1S/C22H20Cl2N2O3/c1-13-3-4-14(2)19(9-13)25-5-7-26(8-6-25)21(27)17-11-15-10-16(23)12-18(24)20(15)29-22(17)28/h3-4,9-12H,5-8H2,1-2H3. The van der Waals surface area contributed by atoms with Gasteiger partial charge in [0.05, 0.1) is 5.02 Å². The summed E-state index contributed by atoms with van der Waals surface area (Å²) in [7, 11) is 0. The van der Waals surface area contributed by atoms with Crippen LogP contribution in [-0.4, -0.2) is 37.0 Å². The van der Waals surface area contributed by atoms with Gasteiger partial charge in [0.2, 0.25) is 0 Å². The Hall–Kier alpha value is -2.50. The van der Waals surface area contributed by atoms with Crippen molar-refractivity contribution < 1.29 is 9.21 Å². The van der Waals surface area contributed by atoms with E-state index in [1.807, 2.05) is 0 Å². The van der Waals surface area contributed by atoms with E-state index in [1.54, 1.807) is 11.0 Å². The molecule has 0 unspecified atom stereocenters. The van der Waals surface area contributed by atoms with E-state index in [2.05, 4.69) is 36.9 Å². The maximum absolute atomic E-state index is 13.0. The minimum absolute atomic E-state index is 0.00369. The minimum atomic E-state index is -0.691. The van der Waals surface area contributed by atoms with Crippen molar-refractivity contribution in [1.82, 2.24) is 4.90 Å². The zero-order valence-electron chi connectivity index (χ0n) is 16.2. The lowest BCUT2D eigenvalue weighted by Crippen LogP contribution is -2.49. The SMILES string of the molecule is Cc1ccc(C)c(N2CCN(C(=O)c3cc4cc(Cl)cc(Cl)c4oc3=O)CC2)c1. The number of halogens is 2. The molecular weight excluding hydrogens is 411 g/mol. The van der Waals surface area contributed by atoms with Crippen LogP contribution in [-0.2, 0) is 0 Å². The molecule has 0 N–H and O–H groups in total. The summed E-state index contributed by atoms with van der Waals surface area (Å²) in [5, 5.41) is 1.18. The fourth-order valence-electron chi connectivity index (χ4n) is 3.69. The summed E-state index contributed by atoms with van der Waals surface area (Å²) in [5.74, 6) is -0.336. The number of carbonyl (C=O) groups is 1. The minimum Gasteiger partial charge on any atom is -0.421 e. The molecule has 0 saturated carbocycles. The Morgan fingerprint density at radius 1 is 1.00 bits per heavy atom. The molecule has 2 heterocycles. The normalized spacial score (nSPS) is 14.5. The van der Waals surface area contributed by atoms with Crippen molar-refractivity contribution in [3.05, 3.63) is 73.6 Å². The van der Waals surface area contributed by atoms with Crippen LogP contribution in [0.4, 0.5) is 5.69 Å². The zero-order chi connectivity index (χ0) is 20.7. The molecule has 1 amide bonds. The van der Waals surface area contributed by atoms with Crippen LogP contribution in [0.5, 0.6) is 0 Å². The van der Waals surface area contributed by atoms with Crippen LogP contribution < -0.4 is 10.5 Å². The third-order valence-electron chi connectivity index (χ3n) is 5.25. The van der Waals surface area contributed by atoms with Crippen molar-refractivity contribution in [3.8, 4) is 0 Å². The molecular formula is C22H20Cl2N2O3. The topological polar surface area (TPSA) is 53.8 Å². The number of rotatable bonds is 2. The average molecular weight is 431 g/mol. The van der Waals surface area contributed by atoms with Crippen LogP contribution in [0, 0.1) is 13.8 Å². The number of nitrogens with zero attached hydrogens (tertiary/aromatic N) is 2. The van der Waals surface area contributed by atoms with Crippen molar-refractivity contribution in [1.29, 1.82) is 0 Å². The molecule has 0 aliphatic carbocycles. The fourth-order valence-corrected chi connectivity index (χ4v) is 4.23. The van der Waals surface area contributed by atoms with E-state index in [-0.39, 0.29) is 22.1 Å². The predicted octanol–water partition coefficient (Wildman–Crippen LogP) is 4.68. The van der Waals surface area contributed by atoms with Gasteiger partial charge in [0, 0.05) is 42.3 Å². The summed E-state index contributed by atoms with van der Waals surface area (Å²) in [4.78, 5) is 29.3. The van der Waals surface area contributed by atoms with Crippen LogP contribution in [0.3, 0.4) is 0 Å². The summed E-state index contributed by atoms with van der Waals surface area (Å²) >= 11 is 12.1. The second-order valence-electron chi connectivity index (χ2n) is 7.32. The van der Waals surface area contributed by atoms with E-state index in [4.69, 9.17) is 27.6 Å². The highest BCUT2D eigenvalue weighted by atomic mass is 35.5. The van der Waals surface area contributed by atoms with E-state index in [0.717, 1.165) is 0 Å². The summed E-state index contributed by atoms with van der Waals surface area (Å²) in [5.41, 5.74) is 3.14. The summed E-state index contributed by atoms with van der Waals surface area (Å²) in [6.45, 7) is 6.61. The van der Waals surface area contributed by atoms with E-state index < -0.39 is 5.63 Å². The van der Waals surface area contributed by atoms with Crippen molar-refractivity contribution in [2.75, 3.05) is 31.1 Å². The van der Waals surface area contributed by atoms with Crippen LogP contribution in [0.15, 0.2) is 45.6 Å². The molecule has 4 rings (SSSR count). The number of anilines is 1. The van der Waals surface area contributed by atoms with Gasteiger partial charge in [-0.3, -0.25) is 4.79 Å². The van der Waals surface area contributed by atoms with Gasteiger partial charge in [-0.15, -0.1) is 0 Å². The molecule has 150 valence electrons. The number of fused-ring (bicyclic) bond motifs is 1. The Balaban J connectivity index is 1.56. The maximum atomic E-state index is 13.0. The summed E-state index contributed by atoms with van der Waals surface area (Å²) in [6.07, 6.45) is 0. The van der Waals surface area contributed by atoms with Crippen molar-refractivity contribution in [3.63, 3.8) is 0 Å². The van der Waals surface area contributed by atoms with Gasteiger partial charge in [-0.05, 0) is 49.2 Å². The molecule has 0 spiro atoms. The van der Waals surface area contributed by atoms with Gasteiger partial charge in [-0.25, -0.2) is 4.79 Å². The highest BCUT2D eigenvalue weighted by molar-refractivity contribution is 6.38. The molecule has 1 aromatic heterocycles. The molecule has 29 heavy (non-hydrogen) atoms. The lowest BCUT2D eigenvalue weighted by Gasteiger charge is -2.36. The van der Waals surface area contributed by atoms with Gasteiger partial charge in [0.1, 0.15) is 5.56 Å². The molecule has 0 bridgehead atoms. The van der Waals surface area contributed by atoms with Crippen molar-refractivity contribution >= 4 is 45.8 Å². The smallest absolute Gasteiger partial charge is 0.349 e. The molecule has 1 saturated heterocycles. The van der Waals surface area contributed by atoms with Crippen molar-refractivity contribution in [2.24, 2.45) is 0 Å². The zero-order valence-corrected chi connectivity index (χ0v) is 17.7. The molecule has 0 atom stereocenters. The quantitative estimate of drug-likeness (QED) is 0.553. The molecule has 1 aliphatic heterocycles. The molecule has 3 aromatic rings. The van der Waals surface area contributed by atoms with Crippen LogP contribution in [0.1, 0.15) is 21.5 Å². The number of hydrogen-bond acceptors (Lipinski definition) is 4. The first kappa shape index (κ1) is 19.8. The summed E-state index contributed by atoms with van der Waals surface area (Å²) in [6, 6.07) is 11.0. The van der Waals surface area contributed by atoms with Gasteiger partial charge in [-0.2, -0.15) is 0 Å². The Kier molecular flexibility index (Phi) is 5.28. The molecule has 1 fully saturated rings. The molecule has 2 aromatic carbocycles. The largest absolute Gasteiger partial charge is 0.421 e. The number of piperazine rings is 1. The first-order valence-electron chi connectivity index (χ1n) is 9.38. The fraction of sp³-hybridized carbons (Fsp3) is 0.273. The highest BCUT2D eigenvalue weighted by Crippen LogP contribution is 2.28. The van der Waals surface area contributed by atoms with E-state index in [1.165, 1.54) is 28.9 Å². The Labute approximate surface area is 178 Å². The Morgan fingerprint density at radius 3 is 2.45 bits per heavy atom. The number of aryl methyl sites for hydroxylation is 2. The number of hydrogen-bond donors (Lipinski definition) is 0. The highest BCUT2D eigenvalue weighted by Gasteiger charge is 2.26.